The molecule has 2 rings (SSSR count). The Hall–Kier alpha value is -1.10. The van der Waals surface area contributed by atoms with Crippen molar-refractivity contribution in [2.75, 3.05) is 13.1 Å². The van der Waals surface area contributed by atoms with E-state index in [1.54, 1.807) is 4.90 Å². The number of fused-ring (bicyclic) bond motifs is 1. The fraction of sp³-hybridized carbons (Fsp3) is 0.818. The molecule has 0 aromatic carbocycles. The lowest BCUT2D eigenvalue weighted by Gasteiger charge is -2.20. The Kier molecular flexibility index (Phi) is 3.14. The average molecular weight is 226 g/mol. The minimum absolute atomic E-state index is 0.197. The first-order valence-corrected chi connectivity index (χ1v) is 5.84. The minimum Gasteiger partial charge on any atom is -0.481 e. The number of aliphatic carboxylic acids is 1. The van der Waals surface area contributed by atoms with Crippen LogP contribution in [0.3, 0.4) is 0 Å². The molecule has 2 aliphatic rings. The lowest BCUT2D eigenvalue weighted by atomic mass is 10.0. The lowest BCUT2D eigenvalue weighted by molar-refractivity contribution is -0.141. The van der Waals surface area contributed by atoms with Crippen LogP contribution in [0.4, 0.5) is 0 Å². The highest BCUT2D eigenvalue weighted by molar-refractivity contribution is 5.86. The van der Waals surface area contributed by atoms with Crippen LogP contribution in [0.1, 0.15) is 25.7 Å². The van der Waals surface area contributed by atoms with Gasteiger partial charge in [-0.2, -0.15) is 0 Å². The summed E-state index contributed by atoms with van der Waals surface area (Å²) < 4.78 is 0. The number of carboxylic acids is 1. The second kappa shape index (κ2) is 4.41. The van der Waals surface area contributed by atoms with E-state index in [2.05, 4.69) is 0 Å². The largest absolute Gasteiger partial charge is 0.481 e. The zero-order valence-electron chi connectivity index (χ0n) is 9.26. The summed E-state index contributed by atoms with van der Waals surface area (Å²) in [5.74, 6) is 0.0407. The number of nitrogens with zero attached hydrogens (tertiary/aromatic N) is 1. The Labute approximate surface area is 94.6 Å². The third kappa shape index (κ3) is 2.19. The van der Waals surface area contributed by atoms with Crippen LogP contribution in [0.5, 0.6) is 0 Å². The summed E-state index contributed by atoms with van der Waals surface area (Å²) in [7, 11) is 0. The van der Waals surface area contributed by atoms with Crippen molar-refractivity contribution in [1.82, 2.24) is 4.90 Å². The van der Waals surface area contributed by atoms with Gasteiger partial charge in [0.1, 0.15) is 0 Å². The van der Waals surface area contributed by atoms with Crippen LogP contribution in [0.2, 0.25) is 0 Å². The molecule has 1 saturated heterocycles. The number of hydrogen-bond acceptors (Lipinski definition) is 3. The van der Waals surface area contributed by atoms with E-state index in [-0.39, 0.29) is 12.3 Å². The van der Waals surface area contributed by atoms with Gasteiger partial charge >= 0.3 is 5.97 Å². The molecule has 0 bridgehead atoms. The van der Waals surface area contributed by atoms with E-state index < -0.39 is 12.0 Å². The minimum atomic E-state index is -1.01. The first-order valence-electron chi connectivity index (χ1n) is 5.84. The third-order valence-electron chi connectivity index (χ3n) is 3.75. The molecule has 0 radical (unpaired) electrons. The number of carbonyl (C=O) groups excluding carboxylic acids is 1. The van der Waals surface area contributed by atoms with Crippen molar-refractivity contribution in [3.8, 4) is 0 Å². The van der Waals surface area contributed by atoms with E-state index in [1.807, 2.05) is 0 Å². The van der Waals surface area contributed by atoms with Gasteiger partial charge in [-0.1, -0.05) is 6.42 Å². The smallest absolute Gasteiger partial charge is 0.305 e. The maximum atomic E-state index is 11.8. The molecular formula is C11H18N2O3. The summed E-state index contributed by atoms with van der Waals surface area (Å²) >= 11 is 0. The fourth-order valence-electron chi connectivity index (χ4n) is 2.92. The second-order valence-corrected chi connectivity index (χ2v) is 4.90. The van der Waals surface area contributed by atoms with Gasteiger partial charge in [0, 0.05) is 13.1 Å². The van der Waals surface area contributed by atoms with Crippen molar-refractivity contribution >= 4 is 11.9 Å². The van der Waals surface area contributed by atoms with Crippen molar-refractivity contribution in [2.45, 2.75) is 31.7 Å². The highest BCUT2D eigenvalue weighted by Gasteiger charge is 2.39. The number of rotatable bonds is 3. The molecule has 16 heavy (non-hydrogen) atoms. The molecule has 1 aliphatic carbocycles. The summed E-state index contributed by atoms with van der Waals surface area (Å²) in [6.45, 7) is 1.55. The lowest BCUT2D eigenvalue weighted by Crippen LogP contribution is -2.44. The average Bonchev–Trinajstić information content (AvgIpc) is 2.74. The molecule has 3 N–H and O–H groups in total. The third-order valence-corrected chi connectivity index (χ3v) is 3.75. The predicted molar refractivity (Wildman–Crippen MR) is 57.6 cm³/mol. The summed E-state index contributed by atoms with van der Waals surface area (Å²) in [6, 6.07) is -0.878. The molecule has 0 aromatic heterocycles. The number of carbonyl (C=O) groups is 2. The van der Waals surface area contributed by atoms with Gasteiger partial charge in [-0.15, -0.1) is 0 Å². The van der Waals surface area contributed by atoms with Gasteiger partial charge in [-0.05, 0) is 24.7 Å². The normalized spacial score (nSPS) is 30.2. The Bertz CT molecular complexity index is 294. The van der Waals surface area contributed by atoms with Crippen LogP contribution in [0.15, 0.2) is 0 Å². The molecule has 1 aliphatic heterocycles. The monoisotopic (exact) mass is 226 g/mol. The van der Waals surface area contributed by atoms with Crippen molar-refractivity contribution in [1.29, 1.82) is 0 Å². The van der Waals surface area contributed by atoms with Gasteiger partial charge in [0.05, 0.1) is 12.5 Å². The molecule has 1 amide bonds. The number of hydrogen-bond donors (Lipinski definition) is 2. The zero-order chi connectivity index (χ0) is 11.7. The zero-order valence-corrected chi connectivity index (χ0v) is 9.26. The van der Waals surface area contributed by atoms with Gasteiger partial charge in [0.25, 0.3) is 0 Å². The maximum Gasteiger partial charge on any atom is 0.305 e. The van der Waals surface area contributed by atoms with Gasteiger partial charge in [-0.25, -0.2) is 0 Å². The standard InChI is InChI=1S/C11H18N2O3/c12-9(4-10(14)15)11(16)13-5-7-2-1-3-8(7)6-13/h7-9H,1-6,12H2,(H,14,15). The van der Waals surface area contributed by atoms with Crippen molar-refractivity contribution in [2.24, 2.45) is 17.6 Å². The highest BCUT2D eigenvalue weighted by atomic mass is 16.4. The van der Waals surface area contributed by atoms with E-state index in [1.165, 1.54) is 19.3 Å². The molecular weight excluding hydrogens is 208 g/mol. The first-order chi connectivity index (χ1) is 7.58. The molecule has 0 spiro atoms. The van der Waals surface area contributed by atoms with Crippen LogP contribution < -0.4 is 5.73 Å². The SMILES string of the molecule is NC(CC(=O)O)C(=O)N1CC2CCCC2C1. The quantitative estimate of drug-likeness (QED) is 0.712. The maximum absolute atomic E-state index is 11.8. The Morgan fingerprint density at radius 1 is 1.31 bits per heavy atom. The summed E-state index contributed by atoms with van der Waals surface area (Å²) in [5.41, 5.74) is 5.58. The Balaban J connectivity index is 1.89. The van der Waals surface area contributed by atoms with Gasteiger partial charge in [0.15, 0.2) is 0 Å². The predicted octanol–water partition coefficient (Wildman–Crippen LogP) is 0.0469. The first kappa shape index (κ1) is 11.4. The molecule has 1 saturated carbocycles. The van der Waals surface area contributed by atoms with Crippen LogP contribution in [0.25, 0.3) is 0 Å². The van der Waals surface area contributed by atoms with Crippen LogP contribution in [0, 0.1) is 11.8 Å². The molecule has 5 nitrogen and oxygen atoms in total. The fourth-order valence-corrected chi connectivity index (χ4v) is 2.92. The summed E-state index contributed by atoms with van der Waals surface area (Å²) in [4.78, 5) is 24.1. The molecule has 1 heterocycles. The number of nitrogens with two attached hydrogens (primary N) is 1. The van der Waals surface area contributed by atoms with Gasteiger partial charge in [0.2, 0.25) is 5.91 Å². The molecule has 90 valence electrons. The Morgan fingerprint density at radius 3 is 2.38 bits per heavy atom. The van der Waals surface area contributed by atoms with E-state index >= 15 is 0 Å². The molecule has 0 aromatic rings. The summed E-state index contributed by atoms with van der Waals surface area (Å²) in [6.07, 6.45) is 3.38. The van der Waals surface area contributed by atoms with Gasteiger partial charge in [-0.3, -0.25) is 9.59 Å². The van der Waals surface area contributed by atoms with Crippen molar-refractivity contribution in [3.63, 3.8) is 0 Å². The topological polar surface area (TPSA) is 83.6 Å². The van der Waals surface area contributed by atoms with Crippen molar-refractivity contribution < 1.29 is 14.7 Å². The van der Waals surface area contributed by atoms with E-state index in [9.17, 15) is 9.59 Å². The molecule has 3 atom stereocenters. The number of likely N-dealkylation sites (tertiary alicyclic amines) is 1. The van der Waals surface area contributed by atoms with Crippen LogP contribution in [-0.4, -0.2) is 41.0 Å². The second-order valence-electron chi connectivity index (χ2n) is 4.90. The van der Waals surface area contributed by atoms with E-state index in [4.69, 9.17) is 10.8 Å². The van der Waals surface area contributed by atoms with Gasteiger partial charge < -0.3 is 15.7 Å². The van der Waals surface area contributed by atoms with Crippen LogP contribution >= 0.6 is 0 Å². The van der Waals surface area contributed by atoms with E-state index in [0.717, 1.165) is 13.1 Å². The van der Waals surface area contributed by atoms with E-state index in [0.29, 0.717) is 11.8 Å². The molecule has 2 fully saturated rings. The molecule has 3 unspecified atom stereocenters. The van der Waals surface area contributed by atoms with Crippen LogP contribution in [-0.2, 0) is 9.59 Å². The number of carboxylic acid groups (broad SMARTS) is 1. The number of amides is 1. The summed E-state index contributed by atoms with van der Waals surface area (Å²) in [5, 5.41) is 8.59. The molecule has 5 heteroatoms. The Morgan fingerprint density at radius 2 is 1.88 bits per heavy atom. The van der Waals surface area contributed by atoms with Crippen molar-refractivity contribution in [3.05, 3.63) is 0 Å². The highest BCUT2D eigenvalue weighted by Crippen LogP contribution is 2.37.